The van der Waals surface area contributed by atoms with Gasteiger partial charge in [-0.25, -0.2) is 4.99 Å². The number of hydrogen-bond donors (Lipinski definition) is 1. The molecule has 1 aliphatic heterocycles. The van der Waals surface area contributed by atoms with Crippen LogP contribution in [-0.4, -0.2) is 11.4 Å². The Balaban J connectivity index is 2.50. The van der Waals surface area contributed by atoms with Gasteiger partial charge in [-0.05, 0) is 18.2 Å². The number of aliphatic imine (C=N–C) groups is 1. The zero-order valence-electron chi connectivity index (χ0n) is 4.42. The third-order valence-electron chi connectivity index (χ3n) is 0.660. The first-order chi connectivity index (χ1) is 3.93. The Bertz CT molecular complexity index is 130. The highest BCUT2D eigenvalue weighted by atomic mass is 32.2. The highest BCUT2D eigenvalue weighted by Gasteiger charge is 1.94. The first-order valence-corrected chi connectivity index (χ1v) is 4.22. The van der Waals surface area contributed by atoms with E-state index in [2.05, 4.69) is 9.71 Å². The summed E-state index contributed by atoms with van der Waals surface area (Å²) in [4.78, 5) is 4.02. The molecule has 1 heterocycles. The van der Waals surface area contributed by atoms with Crippen LogP contribution in [0.15, 0.2) is 16.6 Å². The minimum atomic E-state index is 0.970. The number of hydrogen-bond acceptors (Lipinski definition) is 4. The maximum absolute atomic E-state index is 4.02. The van der Waals surface area contributed by atoms with Gasteiger partial charge in [0.1, 0.15) is 0 Å². The van der Waals surface area contributed by atoms with Gasteiger partial charge in [-0.1, -0.05) is 11.8 Å². The van der Waals surface area contributed by atoms with E-state index in [9.17, 15) is 0 Å². The Kier molecular flexibility index (Phi) is 2.29. The molecular weight excluding hydrogens is 140 g/mol. The second-order valence-corrected chi connectivity index (χ2v) is 2.65. The third kappa shape index (κ3) is 1.45. The van der Waals surface area contributed by atoms with E-state index in [1.807, 2.05) is 11.7 Å². The standard InChI is InChI=1S/C4H6N2S2/c1-7-4-5-2-3-8-6-4/h2-3H,1H3,(H,5,6). The van der Waals surface area contributed by atoms with Crippen molar-refractivity contribution < 1.29 is 0 Å². The molecule has 0 saturated carbocycles. The van der Waals surface area contributed by atoms with Gasteiger partial charge in [0.15, 0.2) is 5.17 Å². The molecule has 0 atom stereocenters. The zero-order valence-corrected chi connectivity index (χ0v) is 6.05. The molecule has 0 aliphatic carbocycles. The van der Waals surface area contributed by atoms with Gasteiger partial charge in [-0.2, -0.15) is 0 Å². The van der Waals surface area contributed by atoms with E-state index in [4.69, 9.17) is 0 Å². The molecule has 4 heteroatoms. The Morgan fingerprint density at radius 3 is 3.12 bits per heavy atom. The number of thioether (sulfide) groups is 1. The van der Waals surface area contributed by atoms with Crippen LogP contribution in [0.5, 0.6) is 0 Å². The Labute approximate surface area is 57.0 Å². The highest BCUT2D eigenvalue weighted by Crippen LogP contribution is 2.07. The van der Waals surface area contributed by atoms with E-state index in [1.54, 1.807) is 29.9 Å². The van der Waals surface area contributed by atoms with Gasteiger partial charge in [0, 0.05) is 11.6 Å². The van der Waals surface area contributed by atoms with Crippen molar-refractivity contribution in [3.8, 4) is 0 Å². The quantitative estimate of drug-likeness (QED) is 0.523. The number of nitrogens with one attached hydrogen (secondary N) is 1. The normalized spacial score (nSPS) is 17.4. The molecule has 0 aromatic carbocycles. The van der Waals surface area contributed by atoms with Gasteiger partial charge < -0.3 is 4.72 Å². The molecule has 0 radical (unpaired) electrons. The first-order valence-electron chi connectivity index (χ1n) is 2.12. The van der Waals surface area contributed by atoms with Crippen LogP contribution in [0.4, 0.5) is 0 Å². The van der Waals surface area contributed by atoms with Gasteiger partial charge in [0.2, 0.25) is 0 Å². The van der Waals surface area contributed by atoms with Gasteiger partial charge in [0.05, 0.1) is 0 Å². The summed E-state index contributed by atoms with van der Waals surface area (Å²) < 4.78 is 3.01. The van der Waals surface area contributed by atoms with Crippen LogP contribution >= 0.6 is 23.7 Å². The van der Waals surface area contributed by atoms with Crippen molar-refractivity contribution in [1.82, 2.24) is 4.72 Å². The van der Waals surface area contributed by atoms with E-state index in [0.29, 0.717) is 0 Å². The van der Waals surface area contributed by atoms with Crippen LogP contribution in [0.3, 0.4) is 0 Å². The molecule has 0 amide bonds. The van der Waals surface area contributed by atoms with Crippen molar-refractivity contribution in [2.45, 2.75) is 0 Å². The molecule has 1 N–H and O–H groups in total. The molecule has 0 fully saturated rings. The summed E-state index contributed by atoms with van der Waals surface area (Å²) >= 11 is 3.16. The smallest absolute Gasteiger partial charge is 0.171 e. The monoisotopic (exact) mass is 146 g/mol. The molecule has 44 valence electrons. The lowest BCUT2D eigenvalue weighted by Gasteiger charge is -2.04. The van der Waals surface area contributed by atoms with Crippen LogP contribution in [0, 0.1) is 0 Å². The lowest BCUT2D eigenvalue weighted by atomic mass is 11.0. The summed E-state index contributed by atoms with van der Waals surface area (Å²) in [6, 6.07) is 0. The Hall–Kier alpha value is -0.0900. The van der Waals surface area contributed by atoms with E-state index in [1.165, 1.54) is 0 Å². The molecule has 1 rings (SSSR count). The van der Waals surface area contributed by atoms with E-state index < -0.39 is 0 Å². The summed E-state index contributed by atoms with van der Waals surface area (Å²) in [6.07, 6.45) is 3.78. The van der Waals surface area contributed by atoms with Gasteiger partial charge in [0.25, 0.3) is 0 Å². The van der Waals surface area contributed by atoms with Crippen molar-refractivity contribution in [3.63, 3.8) is 0 Å². The van der Waals surface area contributed by atoms with Crippen LogP contribution in [0.2, 0.25) is 0 Å². The van der Waals surface area contributed by atoms with Gasteiger partial charge in [-0.15, -0.1) is 0 Å². The van der Waals surface area contributed by atoms with Crippen molar-refractivity contribution in [1.29, 1.82) is 0 Å². The third-order valence-corrected chi connectivity index (χ3v) is 1.95. The summed E-state index contributed by atoms with van der Waals surface area (Å²) in [5.74, 6) is 0. The largest absolute Gasteiger partial charge is 0.305 e. The molecule has 0 saturated heterocycles. The summed E-state index contributed by atoms with van der Waals surface area (Å²) in [7, 11) is 0. The second-order valence-electron chi connectivity index (χ2n) is 1.14. The molecule has 0 spiro atoms. The summed E-state index contributed by atoms with van der Waals surface area (Å²) in [5.41, 5.74) is 0. The molecule has 0 unspecified atom stereocenters. The molecular formula is C4H6N2S2. The molecule has 1 aliphatic rings. The predicted octanol–water partition coefficient (Wildman–Crippen LogP) is 1.43. The lowest BCUT2D eigenvalue weighted by molar-refractivity contribution is 1.46. The number of amidine groups is 1. The maximum Gasteiger partial charge on any atom is 0.171 e. The zero-order chi connectivity index (χ0) is 5.82. The average molecular weight is 146 g/mol. The van der Waals surface area contributed by atoms with Gasteiger partial charge >= 0.3 is 0 Å². The fraction of sp³-hybridized carbons (Fsp3) is 0.250. The van der Waals surface area contributed by atoms with Crippen molar-refractivity contribution in [3.05, 3.63) is 11.6 Å². The van der Waals surface area contributed by atoms with Crippen LogP contribution < -0.4 is 4.72 Å². The molecule has 0 bridgehead atoms. The summed E-state index contributed by atoms with van der Waals surface area (Å²) in [5, 5.41) is 2.87. The number of rotatable bonds is 0. The predicted molar refractivity (Wildman–Crippen MR) is 40.8 cm³/mol. The van der Waals surface area contributed by atoms with Gasteiger partial charge in [-0.3, -0.25) is 0 Å². The van der Waals surface area contributed by atoms with Crippen molar-refractivity contribution in [2.75, 3.05) is 6.26 Å². The van der Waals surface area contributed by atoms with Crippen molar-refractivity contribution >= 4 is 28.9 Å². The minimum Gasteiger partial charge on any atom is -0.305 e. The van der Waals surface area contributed by atoms with Crippen molar-refractivity contribution in [2.24, 2.45) is 4.99 Å². The molecule has 0 aromatic heterocycles. The first kappa shape index (κ1) is 6.04. The van der Waals surface area contributed by atoms with Crippen LogP contribution in [0.1, 0.15) is 0 Å². The average Bonchev–Trinajstić information content (AvgIpc) is 1.90. The molecule has 2 nitrogen and oxygen atoms in total. The molecule has 8 heavy (non-hydrogen) atoms. The second kappa shape index (κ2) is 3.04. The van der Waals surface area contributed by atoms with Crippen LogP contribution in [-0.2, 0) is 0 Å². The summed E-state index contributed by atoms with van der Waals surface area (Å²) in [6.45, 7) is 0. The topological polar surface area (TPSA) is 24.4 Å². The SMILES string of the molecule is CSC1=NC=CSN1. The maximum atomic E-state index is 4.02. The Morgan fingerprint density at radius 1 is 1.88 bits per heavy atom. The van der Waals surface area contributed by atoms with Crippen LogP contribution in [0.25, 0.3) is 0 Å². The highest BCUT2D eigenvalue weighted by molar-refractivity contribution is 8.15. The fourth-order valence-electron chi connectivity index (χ4n) is 0.334. The number of nitrogens with zero attached hydrogens (tertiary/aromatic N) is 1. The fourth-order valence-corrected chi connectivity index (χ4v) is 1.32. The molecule has 0 aromatic rings. The Morgan fingerprint density at radius 2 is 2.75 bits per heavy atom. The minimum absolute atomic E-state index is 0.970. The van der Waals surface area contributed by atoms with E-state index in [-0.39, 0.29) is 0 Å². The lowest BCUT2D eigenvalue weighted by Crippen LogP contribution is -2.11. The van der Waals surface area contributed by atoms with E-state index >= 15 is 0 Å². The van der Waals surface area contributed by atoms with E-state index in [0.717, 1.165) is 5.17 Å².